The topological polar surface area (TPSA) is 32.7 Å². The minimum atomic E-state index is -0.651. The average Bonchev–Trinajstić information content (AvgIpc) is 2.76. The van der Waals surface area contributed by atoms with Crippen molar-refractivity contribution < 1.29 is 14.2 Å². The second-order valence-electron chi connectivity index (χ2n) is 7.54. The molecule has 4 heteroatoms. The molecular weight excluding hydrogens is 365 g/mol. The van der Waals surface area contributed by atoms with E-state index in [0.29, 0.717) is 25.1 Å². The van der Waals surface area contributed by atoms with E-state index in [-0.39, 0.29) is 11.9 Å². The van der Waals surface area contributed by atoms with Crippen LogP contribution in [0.1, 0.15) is 11.1 Å². The molecule has 1 fully saturated rings. The highest BCUT2D eigenvalue weighted by Crippen LogP contribution is 2.28. The van der Waals surface area contributed by atoms with Crippen LogP contribution in [0.25, 0.3) is 11.1 Å². The second-order valence-corrected chi connectivity index (χ2v) is 7.54. The third kappa shape index (κ3) is 4.91. The van der Waals surface area contributed by atoms with Crippen molar-refractivity contribution in [3.8, 4) is 11.1 Å². The molecule has 0 saturated carbocycles. The summed E-state index contributed by atoms with van der Waals surface area (Å²) < 4.78 is 20.2. The number of nitrogens with zero attached hydrogens (tertiary/aromatic N) is 1. The molecule has 0 bridgehead atoms. The maximum absolute atomic E-state index is 14.3. The van der Waals surface area contributed by atoms with Gasteiger partial charge in [0.25, 0.3) is 0 Å². The fourth-order valence-corrected chi connectivity index (χ4v) is 3.95. The zero-order valence-corrected chi connectivity index (χ0v) is 16.4. The summed E-state index contributed by atoms with van der Waals surface area (Å²) in [5, 5.41) is 10.9. The highest BCUT2D eigenvalue weighted by atomic mass is 19.1. The van der Waals surface area contributed by atoms with E-state index in [1.54, 1.807) is 12.1 Å². The summed E-state index contributed by atoms with van der Waals surface area (Å²) in [7, 11) is 0. The number of aliphatic hydroxyl groups excluding tert-OH is 1. The lowest BCUT2D eigenvalue weighted by Crippen LogP contribution is -2.47. The van der Waals surface area contributed by atoms with Crippen LogP contribution in [0.2, 0.25) is 0 Å². The average molecular weight is 391 g/mol. The van der Waals surface area contributed by atoms with E-state index in [2.05, 4.69) is 17.0 Å². The normalized spacial score (nSPS) is 18.5. The molecule has 2 unspecified atom stereocenters. The summed E-state index contributed by atoms with van der Waals surface area (Å²) in [5.41, 5.74) is 3.56. The summed E-state index contributed by atoms with van der Waals surface area (Å²) in [6.45, 7) is 2.98. The summed E-state index contributed by atoms with van der Waals surface area (Å²) in [4.78, 5) is 2.31. The number of aliphatic hydroxyl groups is 1. The Labute approximate surface area is 171 Å². The van der Waals surface area contributed by atoms with Gasteiger partial charge >= 0.3 is 0 Å². The van der Waals surface area contributed by atoms with Gasteiger partial charge in [0, 0.05) is 31.6 Å². The van der Waals surface area contributed by atoms with Gasteiger partial charge in [0.05, 0.1) is 18.8 Å². The fraction of sp³-hybridized carbons (Fsp3) is 0.280. The van der Waals surface area contributed by atoms with E-state index in [0.717, 1.165) is 24.2 Å². The quantitative estimate of drug-likeness (QED) is 0.680. The van der Waals surface area contributed by atoms with Crippen molar-refractivity contribution in [2.75, 3.05) is 19.7 Å². The van der Waals surface area contributed by atoms with Crippen LogP contribution < -0.4 is 0 Å². The molecule has 1 aliphatic rings. The van der Waals surface area contributed by atoms with Gasteiger partial charge < -0.3 is 9.84 Å². The van der Waals surface area contributed by atoms with Crippen LogP contribution in [0.5, 0.6) is 0 Å². The van der Waals surface area contributed by atoms with Crippen LogP contribution in [0.3, 0.4) is 0 Å². The summed E-state index contributed by atoms with van der Waals surface area (Å²) in [6, 6.07) is 24.8. The molecule has 0 radical (unpaired) electrons. The SMILES string of the molecule is OC(Cc1ccccc1-c1ccccc1F)C1CN(Cc2ccccc2)CCO1. The molecule has 0 amide bonds. The van der Waals surface area contributed by atoms with E-state index in [9.17, 15) is 9.50 Å². The molecular formula is C25H26FNO2. The predicted molar refractivity (Wildman–Crippen MR) is 113 cm³/mol. The zero-order chi connectivity index (χ0) is 20.1. The zero-order valence-electron chi connectivity index (χ0n) is 16.4. The van der Waals surface area contributed by atoms with E-state index in [1.165, 1.54) is 11.6 Å². The third-order valence-corrected chi connectivity index (χ3v) is 5.47. The Bertz CT molecular complexity index is 931. The molecule has 2 atom stereocenters. The van der Waals surface area contributed by atoms with Gasteiger partial charge in [-0.15, -0.1) is 0 Å². The standard InChI is InChI=1S/C25H26FNO2/c26-23-13-7-6-12-22(23)21-11-5-4-10-20(21)16-24(28)25-18-27(14-15-29-25)17-19-8-2-1-3-9-19/h1-13,24-25,28H,14-18H2. The first-order valence-corrected chi connectivity index (χ1v) is 10.1. The number of hydrogen-bond acceptors (Lipinski definition) is 3. The van der Waals surface area contributed by atoms with Crippen molar-refractivity contribution in [3.63, 3.8) is 0 Å². The lowest BCUT2D eigenvalue weighted by molar-refractivity contribution is -0.0897. The second kappa shape index (κ2) is 9.31. The van der Waals surface area contributed by atoms with Gasteiger partial charge in [-0.2, -0.15) is 0 Å². The molecule has 1 aliphatic heterocycles. The van der Waals surface area contributed by atoms with E-state index < -0.39 is 6.10 Å². The fourth-order valence-electron chi connectivity index (χ4n) is 3.95. The van der Waals surface area contributed by atoms with E-state index in [1.807, 2.05) is 48.5 Å². The smallest absolute Gasteiger partial charge is 0.131 e. The largest absolute Gasteiger partial charge is 0.390 e. The minimum Gasteiger partial charge on any atom is -0.390 e. The number of hydrogen-bond donors (Lipinski definition) is 1. The first kappa shape index (κ1) is 19.8. The van der Waals surface area contributed by atoms with Gasteiger partial charge in [-0.25, -0.2) is 4.39 Å². The molecule has 29 heavy (non-hydrogen) atoms. The van der Waals surface area contributed by atoms with Gasteiger partial charge in [0.1, 0.15) is 5.82 Å². The van der Waals surface area contributed by atoms with Crippen molar-refractivity contribution in [2.45, 2.75) is 25.2 Å². The Morgan fingerprint density at radius 1 is 0.931 bits per heavy atom. The van der Waals surface area contributed by atoms with Gasteiger partial charge in [0.15, 0.2) is 0 Å². The lowest BCUT2D eigenvalue weighted by atomic mass is 9.94. The highest BCUT2D eigenvalue weighted by Gasteiger charge is 2.27. The van der Waals surface area contributed by atoms with Gasteiger partial charge in [-0.3, -0.25) is 4.90 Å². The van der Waals surface area contributed by atoms with Crippen LogP contribution in [0.15, 0.2) is 78.9 Å². The monoisotopic (exact) mass is 391 g/mol. The molecule has 3 aromatic rings. The maximum atomic E-state index is 14.3. The third-order valence-electron chi connectivity index (χ3n) is 5.47. The molecule has 0 aromatic heterocycles. The van der Waals surface area contributed by atoms with Crippen molar-refractivity contribution >= 4 is 0 Å². The first-order chi connectivity index (χ1) is 14.2. The van der Waals surface area contributed by atoms with Crippen molar-refractivity contribution in [3.05, 3.63) is 95.8 Å². The van der Waals surface area contributed by atoms with Gasteiger partial charge in [-0.1, -0.05) is 72.8 Å². The van der Waals surface area contributed by atoms with Crippen LogP contribution in [0, 0.1) is 5.82 Å². The Hall–Kier alpha value is -2.53. The Morgan fingerprint density at radius 2 is 1.62 bits per heavy atom. The lowest BCUT2D eigenvalue weighted by Gasteiger charge is -2.35. The molecule has 150 valence electrons. The minimum absolute atomic E-state index is 0.252. The van der Waals surface area contributed by atoms with Crippen LogP contribution in [-0.2, 0) is 17.7 Å². The van der Waals surface area contributed by atoms with Crippen molar-refractivity contribution in [2.24, 2.45) is 0 Å². The number of halogens is 1. The van der Waals surface area contributed by atoms with Gasteiger partial charge in [-0.05, 0) is 22.8 Å². The van der Waals surface area contributed by atoms with Crippen molar-refractivity contribution in [1.82, 2.24) is 4.90 Å². The van der Waals surface area contributed by atoms with Crippen molar-refractivity contribution in [1.29, 1.82) is 0 Å². The van der Waals surface area contributed by atoms with Crippen LogP contribution >= 0.6 is 0 Å². The molecule has 3 nitrogen and oxygen atoms in total. The molecule has 1 saturated heterocycles. The number of morpholine rings is 1. The summed E-state index contributed by atoms with van der Waals surface area (Å²) in [6.07, 6.45) is -0.489. The molecule has 3 aromatic carbocycles. The number of rotatable bonds is 6. The Morgan fingerprint density at radius 3 is 2.41 bits per heavy atom. The summed E-state index contributed by atoms with van der Waals surface area (Å²) in [5.74, 6) is -0.252. The van der Waals surface area contributed by atoms with E-state index >= 15 is 0 Å². The molecule has 0 spiro atoms. The Kier molecular flexibility index (Phi) is 6.35. The number of benzene rings is 3. The molecule has 0 aliphatic carbocycles. The Balaban J connectivity index is 1.46. The number of ether oxygens (including phenoxy) is 1. The van der Waals surface area contributed by atoms with E-state index in [4.69, 9.17) is 4.74 Å². The van der Waals surface area contributed by atoms with Gasteiger partial charge in [0.2, 0.25) is 0 Å². The van der Waals surface area contributed by atoms with Crippen LogP contribution in [0.4, 0.5) is 4.39 Å². The molecule has 1 heterocycles. The predicted octanol–water partition coefficient (Wildman–Crippen LogP) is 4.30. The molecule has 4 rings (SSSR count). The summed E-state index contributed by atoms with van der Waals surface area (Å²) >= 11 is 0. The van der Waals surface area contributed by atoms with Crippen LogP contribution in [-0.4, -0.2) is 41.9 Å². The highest BCUT2D eigenvalue weighted by molar-refractivity contribution is 5.68. The molecule has 1 N–H and O–H groups in total. The first-order valence-electron chi connectivity index (χ1n) is 10.1. The maximum Gasteiger partial charge on any atom is 0.131 e.